The molecule has 0 amide bonds. The van der Waals surface area contributed by atoms with Crippen LogP contribution in [0.3, 0.4) is 0 Å². The highest BCUT2D eigenvalue weighted by Crippen LogP contribution is 2.40. The van der Waals surface area contributed by atoms with Gasteiger partial charge in [-0.05, 0) is 30.7 Å². The van der Waals surface area contributed by atoms with Crippen LogP contribution in [0, 0.1) is 6.92 Å². The van der Waals surface area contributed by atoms with Crippen molar-refractivity contribution in [2.24, 2.45) is 0 Å². The van der Waals surface area contributed by atoms with Crippen LogP contribution < -0.4 is 4.74 Å². The highest BCUT2D eigenvalue weighted by molar-refractivity contribution is 6.30. The number of aryl methyl sites for hydroxylation is 1. The van der Waals surface area contributed by atoms with Gasteiger partial charge < -0.3 is 40.1 Å². The molecule has 0 saturated carbocycles. The first-order valence-electron chi connectivity index (χ1n) is 9.41. The summed E-state index contributed by atoms with van der Waals surface area (Å²) in [6, 6.07) is 4.87. The summed E-state index contributed by atoms with van der Waals surface area (Å²) in [5.41, 5.74) is -0.154. The molecule has 2 unspecified atom stereocenters. The second kappa shape index (κ2) is 7.59. The molecule has 31 heavy (non-hydrogen) atoms. The van der Waals surface area contributed by atoms with Gasteiger partial charge in [0, 0.05) is 17.2 Å². The molecule has 2 aliphatic rings. The smallest absolute Gasteiger partial charge is 0.229 e. The molecule has 4 rings (SSSR count). The number of ether oxygens (including phenoxy) is 2. The largest absolute Gasteiger partial charge is 0.508 e. The lowest BCUT2D eigenvalue weighted by atomic mass is 9.82. The zero-order valence-electron chi connectivity index (χ0n) is 16.2. The van der Waals surface area contributed by atoms with E-state index in [-0.39, 0.29) is 28.0 Å². The van der Waals surface area contributed by atoms with E-state index < -0.39 is 60.4 Å². The highest BCUT2D eigenvalue weighted by Gasteiger charge is 2.45. The summed E-state index contributed by atoms with van der Waals surface area (Å²) in [6.45, 7) is 0.949. The maximum absolute atomic E-state index is 13.2. The molecular formula is C21H20O10. The topological polar surface area (TPSA) is 174 Å². The van der Waals surface area contributed by atoms with Crippen molar-refractivity contribution in [2.75, 3.05) is 6.61 Å². The molecule has 5 atom stereocenters. The summed E-state index contributed by atoms with van der Waals surface area (Å²) in [4.78, 5) is 26.2. The van der Waals surface area contributed by atoms with Gasteiger partial charge in [0.25, 0.3) is 0 Å². The molecule has 1 aliphatic heterocycles. The zero-order valence-corrected chi connectivity index (χ0v) is 16.2. The molecule has 164 valence electrons. The average molecular weight is 432 g/mol. The summed E-state index contributed by atoms with van der Waals surface area (Å²) in [6.07, 6.45) is -8.02. The van der Waals surface area contributed by atoms with Crippen molar-refractivity contribution in [1.29, 1.82) is 0 Å². The molecule has 1 aliphatic carbocycles. The molecule has 10 nitrogen and oxygen atoms in total. The molecule has 0 bridgehead atoms. The first kappa shape index (κ1) is 21.2. The maximum Gasteiger partial charge on any atom is 0.229 e. The third-order valence-electron chi connectivity index (χ3n) is 5.38. The number of hydrogen-bond donors (Lipinski definition) is 6. The Labute approximate surface area is 175 Å². The Bertz CT molecular complexity index is 1080. The second-order valence-electron chi connectivity index (χ2n) is 7.55. The number of hydrogen-bond acceptors (Lipinski definition) is 10. The Kier molecular flexibility index (Phi) is 5.20. The van der Waals surface area contributed by atoms with Gasteiger partial charge in [-0.2, -0.15) is 0 Å². The van der Waals surface area contributed by atoms with E-state index in [1.165, 1.54) is 12.1 Å². The van der Waals surface area contributed by atoms with Crippen LogP contribution in [0.15, 0.2) is 24.3 Å². The van der Waals surface area contributed by atoms with E-state index in [2.05, 4.69) is 0 Å². The fraction of sp³-hybridized carbons (Fsp3) is 0.333. The predicted molar refractivity (Wildman–Crippen MR) is 102 cm³/mol. The minimum Gasteiger partial charge on any atom is -0.508 e. The van der Waals surface area contributed by atoms with Gasteiger partial charge in [-0.1, -0.05) is 0 Å². The first-order valence-corrected chi connectivity index (χ1v) is 9.41. The number of phenolic OH excluding ortho intramolecular Hbond substituents is 2. The summed E-state index contributed by atoms with van der Waals surface area (Å²) in [5.74, 6) is -2.53. The third-order valence-corrected chi connectivity index (χ3v) is 5.38. The normalized spacial score (nSPS) is 27.6. The van der Waals surface area contributed by atoms with Gasteiger partial charge in [0.15, 0.2) is 5.78 Å². The number of aliphatic hydroxyl groups is 4. The Hall–Kier alpha value is -3.02. The van der Waals surface area contributed by atoms with Gasteiger partial charge in [-0.3, -0.25) is 9.59 Å². The van der Waals surface area contributed by atoms with Crippen molar-refractivity contribution >= 4 is 11.6 Å². The molecule has 1 fully saturated rings. The molecule has 1 saturated heterocycles. The standard InChI is InChI=1S/C21H20O10/c1-7-2-9-14(11(24)3-7)18(27)15-10(16(9)25)4-8(23)5-12(15)30-21-20(29)19(28)17(26)13(6-22)31-21/h2-5,13,17,19-24,26,28-29H,6H2,1H3/t13?,17-,19+,20?,21-/m1/s1. The van der Waals surface area contributed by atoms with E-state index >= 15 is 0 Å². The quantitative estimate of drug-likeness (QED) is 0.312. The van der Waals surface area contributed by atoms with Crippen molar-refractivity contribution in [1.82, 2.24) is 0 Å². The number of rotatable bonds is 3. The van der Waals surface area contributed by atoms with Crippen LogP contribution in [0.25, 0.3) is 0 Å². The molecule has 10 heteroatoms. The fourth-order valence-electron chi connectivity index (χ4n) is 3.85. The molecule has 0 spiro atoms. The Morgan fingerprint density at radius 2 is 1.58 bits per heavy atom. The molecular weight excluding hydrogens is 412 g/mol. The van der Waals surface area contributed by atoms with E-state index in [1.807, 2.05) is 0 Å². The molecule has 2 aromatic carbocycles. The van der Waals surface area contributed by atoms with Gasteiger partial charge in [-0.25, -0.2) is 0 Å². The number of fused-ring (bicyclic) bond motifs is 2. The second-order valence-corrected chi connectivity index (χ2v) is 7.55. The van der Waals surface area contributed by atoms with E-state index in [1.54, 1.807) is 6.92 Å². The lowest BCUT2D eigenvalue weighted by Gasteiger charge is -2.39. The van der Waals surface area contributed by atoms with Crippen molar-refractivity contribution < 1.29 is 49.7 Å². The van der Waals surface area contributed by atoms with Gasteiger partial charge in [0.1, 0.15) is 41.7 Å². The lowest BCUT2D eigenvalue weighted by molar-refractivity contribution is -0.277. The van der Waals surface area contributed by atoms with Gasteiger partial charge in [0.2, 0.25) is 12.1 Å². The zero-order chi connectivity index (χ0) is 22.6. The van der Waals surface area contributed by atoms with Crippen molar-refractivity contribution in [2.45, 2.75) is 37.6 Å². The predicted octanol–water partition coefficient (Wildman–Crippen LogP) is -0.640. The number of carbonyl (C=O) groups is 2. The van der Waals surface area contributed by atoms with Crippen LogP contribution in [0.5, 0.6) is 17.2 Å². The third kappa shape index (κ3) is 3.34. The Balaban J connectivity index is 1.79. The Morgan fingerprint density at radius 1 is 0.903 bits per heavy atom. The van der Waals surface area contributed by atoms with E-state index in [0.717, 1.165) is 12.1 Å². The molecule has 1 heterocycles. The Morgan fingerprint density at radius 3 is 2.26 bits per heavy atom. The fourth-order valence-corrected chi connectivity index (χ4v) is 3.85. The minimum atomic E-state index is -1.77. The minimum absolute atomic E-state index is 0.0283. The molecule has 0 radical (unpaired) electrons. The molecule has 2 aromatic rings. The lowest BCUT2D eigenvalue weighted by Crippen LogP contribution is -2.60. The number of benzene rings is 2. The van der Waals surface area contributed by atoms with E-state index in [0.29, 0.717) is 5.56 Å². The number of aromatic hydroxyl groups is 2. The van der Waals surface area contributed by atoms with Gasteiger partial charge in [0.05, 0.1) is 17.7 Å². The molecule has 6 N–H and O–H groups in total. The summed E-state index contributed by atoms with van der Waals surface area (Å²) in [7, 11) is 0. The van der Waals surface area contributed by atoms with Gasteiger partial charge >= 0.3 is 0 Å². The van der Waals surface area contributed by atoms with E-state index in [9.17, 15) is 40.2 Å². The number of phenols is 2. The monoisotopic (exact) mass is 432 g/mol. The number of carbonyl (C=O) groups excluding carboxylic acids is 2. The van der Waals surface area contributed by atoms with Crippen LogP contribution >= 0.6 is 0 Å². The molecule has 0 aromatic heterocycles. The van der Waals surface area contributed by atoms with Crippen LogP contribution in [0.2, 0.25) is 0 Å². The highest BCUT2D eigenvalue weighted by atomic mass is 16.7. The average Bonchev–Trinajstić information content (AvgIpc) is 2.71. The number of aliphatic hydroxyl groups excluding tert-OH is 4. The van der Waals surface area contributed by atoms with Crippen LogP contribution in [0.1, 0.15) is 37.4 Å². The summed E-state index contributed by atoms with van der Waals surface area (Å²) in [5, 5.41) is 59.8. The summed E-state index contributed by atoms with van der Waals surface area (Å²) >= 11 is 0. The van der Waals surface area contributed by atoms with Crippen LogP contribution in [-0.2, 0) is 4.74 Å². The number of ketones is 2. The SMILES string of the molecule is Cc1cc(O)c2c(c1)C(=O)c1cc(O)cc(O[C@@H]3OC(CO)[C@@H](O)[C@H](O)C3O)c1C2=O. The van der Waals surface area contributed by atoms with Crippen LogP contribution in [0.4, 0.5) is 0 Å². The van der Waals surface area contributed by atoms with Crippen molar-refractivity contribution in [3.8, 4) is 17.2 Å². The maximum atomic E-state index is 13.2. The van der Waals surface area contributed by atoms with Crippen molar-refractivity contribution in [3.05, 3.63) is 52.1 Å². The summed E-state index contributed by atoms with van der Waals surface area (Å²) < 4.78 is 10.8. The van der Waals surface area contributed by atoms with Crippen LogP contribution in [-0.4, -0.2) is 79.5 Å². The van der Waals surface area contributed by atoms with E-state index in [4.69, 9.17) is 9.47 Å². The first-order chi connectivity index (χ1) is 14.6. The van der Waals surface area contributed by atoms with Crippen molar-refractivity contribution in [3.63, 3.8) is 0 Å². The van der Waals surface area contributed by atoms with Gasteiger partial charge in [-0.15, -0.1) is 0 Å².